The molecule has 0 heterocycles. The summed E-state index contributed by atoms with van der Waals surface area (Å²) in [6.45, 7) is 0.358. The highest BCUT2D eigenvalue weighted by atomic mass is 79.9. The van der Waals surface area contributed by atoms with Crippen molar-refractivity contribution in [3.63, 3.8) is 0 Å². The Morgan fingerprint density at radius 3 is 2.42 bits per heavy atom. The molecule has 0 aromatic heterocycles. The molecule has 19 heavy (non-hydrogen) atoms. The average Bonchev–Trinajstić information content (AvgIpc) is 2.74. The van der Waals surface area contributed by atoms with Gasteiger partial charge >= 0.3 is 6.18 Å². The molecule has 0 atom stereocenters. The minimum Gasteiger partial charge on any atom is -0.388 e. The highest BCUT2D eigenvalue weighted by Crippen LogP contribution is 2.35. The third-order valence-corrected chi connectivity index (χ3v) is 4.09. The summed E-state index contributed by atoms with van der Waals surface area (Å²) in [7, 11) is 0. The molecule has 0 unspecified atom stereocenters. The highest BCUT2D eigenvalue weighted by molar-refractivity contribution is 9.10. The van der Waals surface area contributed by atoms with Gasteiger partial charge in [-0.2, -0.15) is 13.2 Å². The predicted octanol–water partition coefficient (Wildman–Crippen LogP) is 4.18. The van der Waals surface area contributed by atoms with Crippen LogP contribution in [0.1, 0.15) is 31.2 Å². The Labute approximate surface area is 118 Å². The third kappa shape index (κ3) is 3.63. The van der Waals surface area contributed by atoms with Crippen LogP contribution in [0.5, 0.6) is 0 Å². The van der Waals surface area contributed by atoms with E-state index in [-0.39, 0.29) is 0 Å². The largest absolute Gasteiger partial charge is 0.416 e. The number of hydrogen-bond donors (Lipinski definition) is 2. The summed E-state index contributed by atoms with van der Waals surface area (Å²) in [5.41, 5.74) is -0.861. The van der Waals surface area contributed by atoms with Gasteiger partial charge in [-0.3, -0.25) is 0 Å². The molecular formula is C13H15BrF3NO. The van der Waals surface area contributed by atoms with Gasteiger partial charge < -0.3 is 10.4 Å². The standard InChI is InChI=1S/C13H15BrF3NO/c14-10-7-9(13(15,16)17)3-4-11(10)18-8-12(19)5-1-2-6-12/h3-4,7,18-19H,1-2,5-6,8H2. The fourth-order valence-electron chi connectivity index (χ4n) is 2.30. The van der Waals surface area contributed by atoms with Gasteiger partial charge in [-0.05, 0) is 47.0 Å². The molecule has 1 aliphatic carbocycles. The van der Waals surface area contributed by atoms with E-state index >= 15 is 0 Å². The number of nitrogens with one attached hydrogen (secondary N) is 1. The van der Waals surface area contributed by atoms with Crippen molar-refractivity contribution in [3.05, 3.63) is 28.2 Å². The monoisotopic (exact) mass is 337 g/mol. The fraction of sp³-hybridized carbons (Fsp3) is 0.538. The summed E-state index contributed by atoms with van der Waals surface area (Å²) < 4.78 is 37.9. The Morgan fingerprint density at radius 1 is 1.26 bits per heavy atom. The summed E-state index contributed by atoms with van der Waals surface area (Å²) in [6, 6.07) is 3.46. The molecule has 1 aromatic carbocycles. The molecule has 2 rings (SSSR count). The van der Waals surface area contributed by atoms with Gasteiger partial charge in [0.2, 0.25) is 0 Å². The number of anilines is 1. The molecule has 1 aromatic rings. The van der Waals surface area contributed by atoms with Crippen LogP contribution in [0.25, 0.3) is 0 Å². The van der Waals surface area contributed by atoms with Crippen LogP contribution in [0.15, 0.2) is 22.7 Å². The maximum atomic E-state index is 12.5. The van der Waals surface area contributed by atoms with Crippen molar-refractivity contribution in [1.29, 1.82) is 0 Å². The van der Waals surface area contributed by atoms with Crippen molar-refractivity contribution < 1.29 is 18.3 Å². The summed E-state index contributed by atoms with van der Waals surface area (Å²) >= 11 is 3.12. The third-order valence-electron chi connectivity index (χ3n) is 3.44. The van der Waals surface area contributed by atoms with E-state index in [1.54, 1.807) is 0 Å². The van der Waals surface area contributed by atoms with Crippen molar-refractivity contribution in [2.75, 3.05) is 11.9 Å². The van der Waals surface area contributed by atoms with Crippen LogP contribution < -0.4 is 5.32 Å². The van der Waals surface area contributed by atoms with Crippen LogP contribution >= 0.6 is 15.9 Å². The molecule has 0 radical (unpaired) electrons. The zero-order chi connectivity index (χ0) is 14.1. The van der Waals surface area contributed by atoms with Gasteiger partial charge in [0, 0.05) is 16.7 Å². The first-order valence-electron chi connectivity index (χ1n) is 6.13. The predicted molar refractivity (Wildman–Crippen MR) is 71.1 cm³/mol. The van der Waals surface area contributed by atoms with E-state index in [4.69, 9.17) is 0 Å². The van der Waals surface area contributed by atoms with Crippen molar-refractivity contribution >= 4 is 21.6 Å². The second kappa shape index (κ2) is 5.32. The molecule has 1 fully saturated rings. The van der Waals surface area contributed by atoms with E-state index in [2.05, 4.69) is 21.2 Å². The summed E-state index contributed by atoms with van der Waals surface area (Å²) in [4.78, 5) is 0. The van der Waals surface area contributed by atoms with Crippen LogP contribution in [0.4, 0.5) is 18.9 Å². The highest BCUT2D eigenvalue weighted by Gasteiger charge is 2.32. The van der Waals surface area contributed by atoms with E-state index in [9.17, 15) is 18.3 Å². The number of halogens is 4. The topological polar surface area (TPSA) is 32.3 Å². The number of aliphatic hydroxyl groups is 1. The summed E-state index contributed by atoms with van der Waals surface area (Å²) in [5.74, 6) is 0. The molecule has 0 amide bonds. The van der Waals surface area contributed by atoms with Crippen molar-refractivity contribution in [1.82, 2.24) is 0 Å². The first-order chi connectivity index (χ1) is 8.80. The van der Waals surface area contributed by atoms with Crippen LogP contribution in [0.2, 0.25) is 0 Å². The van der Waals surface area contributed by atoms with Crippen LogP contribution in [0.3, 0.4) is 0 Å². The molecule has 6 heteroatoms. The normalized spacial score (nSPS) is 18.6. The smallest absolute Gasteiger partial charge is 0.388 e. The molecule has 106 valence electrons. The van der Waals surface area contributed by atoms with Crippen LogP contribution in [-0.4, -0.2) is 17.3 Å². The SMILES string of the molecule is OC1(CNc2ccc(C(F)(F)F)cc2Br)CCCC1. The molecule has 0 saturated heterocycles. The van der Waals surface area contributed by atoms with Gasteiger partial charge in [-0.25, -0.2) is 0 Å². The molecule has 1 saturated carbocycles. The Bertz CT molecular complexity index is 456. The Balaban J connectivity index is 2.05. The van der Waals surface area contributed by atoms with Crippen molar-refractivity contribution in [2.24, 2.45) is 0 Å². The van der Waals surface area contributed by atoms with Gasteiger partial charge in [-0.1, -0.05) is 12.8 Å². The number of alkyl halides is 3. The maximum Gasteiger partial charge on any atom is 0.416 e. The second-order valence-electron chi connectivity index (χ2n) is 4.98. The second-order valence-corrected chi connectivity index (χ2v) is 5.83. The van der Waals surface area contributed by atoms with E-state index < -0.39 is 17.3 Å². The molecule has 0 aliphatic heterocycles. The van der Waals surface area contributed by atoms with Crippen LogP contribution in [0, 0.1) is 0 Å². The van der Waals surface area contributed by atoms with Crippen molar-refractivity contribution in [3.8, 4) is 0 Å². The quantitative estimate of drug-likeness (QED) is 0.866. The number of benzene rings is 1. The molecular weight excluding hydrogens is 323 g/mol. The van der Waals surface area contributed by atoms with E-state index in [0.29, 0.717) is 16.7 Å². The lowest BCUT2D eigenvalue weighted by molar-refractivity contribution is -0.137. The maximum absolute atomic E-state index is 12.5. The lowest BCUT2D eigenvalue weighted by atomic mass is 10.0. The molecule has 2 nitrogen and oxygen atoms in total. The Kier molecular flexibility index (Phi) is 4.11. The zero-order valence-corrected chi connectivity index (χ0v) is 11.8. The first kappa shape index (κ1) is 14.7. The lowest BCUT2D eigenvalue weighted by Gasteiger charge is -2.23. The minimum atomic E-state index is -4.34. The molecule has 0 spiro atoms. The van der Waals surface area contributed by atoms with Crippen LogP contribution in [-0.2, 0) is 6.18 Å². The lowest BCUT2D eigenvalue weighted by Crippen LogP contribution is -2.33. The van der Waals surface area contributed by atoms with Gasteiger partial charge in [-0.15, -0.1) is 0 Å². The van der Waals surface area contributed by atoms with E-state index in [1.807, 2.05) is 0 Å². The van der Waals surface area contributed by atoms with E-state index in [0.717, 1.165) is 37.8 Å². The van der Waals surface area contributed by atoms with Gasteiger partial charge in [0.05, 0.1) is 11.2 Å². The Morgan fingerprint density at radius 2 is 1.89 bits per heavy atom. The minimum absolute atomic E-state index is 0.351. The number of rotatable bonds is 3. The average molecular weight is 338 g/mol. The fourth-order valence-corrected chi connectivity index (χ4v) is 2.82. The molecule has 2 N–H and O–H groups in total. The zero-order valence-electron chi connectivity index (χ0n) is 10.2. The summed E-state index contributed by atoms with van der Waals surface area (Å²) in [6.07, 6.45) is -0.889. The van der Waals surface area contributed by atoms with Gasteiger partial charge in [0.1, 0.15) is 0 Å². The van der Waals surface area contributed by atoms with E-state index in [1.165, 1.54) is 6.07 Å². The van der Waals surface area contributed by atoms with Crippen molar-refractivity contribution in [2.45, 2.75) is 37.5 Å². The molecule has 0 bridgehead atoms. The molecule has 1 aliphatic rings. The Hall–Kier alpha value is -0.750. The van der Waals surface area contributed by atoms with Gasteiger partial charge in [0.15, 0.2) is 0 Å². The number of hydrogen-bond acceptors (Lipinski definition) is 2. The first-order valence-corrected chi connectivity index (χ1v) is 6.92. The summed E-state index contributed by atoms with van der Waals surface area (Å²) in [5, 5.41) is 13.2. The van der Waals surface area contributed by atoms with Gasteiger partial charge in [0.25, 0.3) is 0 Å².